The van der Waals surface area contributed by atoms with Crippen molar-refractivity contribution in [3.05, 3.63) is 11.1 Å². The molecule has 10 atom stereocenters. The van der Waals surface area contributed by atoms with Crippen LogP contribution in [0.4, 0.5) is 0 Å². The van der Waals surface area contributed by atoms with E-state index in [1.165, 1.54) is 13.8 Å². The third-order valence-corrected chi connectivity index (χ3v) is 12.5. The van der Waals surface area contributed by atoms with Gasteiger partial charge in [0.05, 0.1) is 0 Å². The molecule has 0 radical (unpaired) electrons. The van der Waals surface area contributed by atoms with Crippen molar-refractivity contribution < 1.29 is 33.8 Å². The monoisotopic (exact) mass is 556 g/mol. The molecule has 0 spiro atoms. The number of rotatable bonds is 5. The van der Waals surface area contributed by atoms with Crippen molar-refractivity contribution in [3.63, 3.8) is 0 Å². The zero-order chi connectivity index (χ0) is 29.4. The topological polar surface area (TPSA) is 107 Å². The molecule has 10 unspecified atom stereocenters. The van der Waals surface area contributed by atoms with E-state index in [2.05, 4.69) is 20.8 Å². The Bertz CT molecular complexity index is 1140. The number of hydrogen-bond donors (Lipinski definition) is 1. The first-order valence-corrected chi connectivity index (χ1v) is 15.5. The lowest BCUT2D eigenvalue weighted by molar-refractivity contribution is -0.194. The van der Waals surface area contributed by atoms with Gasteiger partial charge in [-0.05, 0) is 109 Å². The molecule has 5 aliphatic rings. The van der Waals surface area contributed by atoms with Gasteiger partial charge in [0, 0.05) is 25.7 Å². The highest BCUT2D eigenvalue weighted by Crippen LogP contribution is 2.72. The summed E-state index contributed by atoms with van der Waals surface area (Å²) in [4.78, 5) is 50.0. The Kier molecular flexibility index (Phi) is 7.31. The van der Waals surface area contributed by atoms with Crippen LogP contribution in [0.2, 0.25) is 0 Å². The van der Waals surface area contributed by atoms with Gasteiger partial charge in [0.25, 0.3) is 0 Å². The van der Waals surface area contributed by atoms with E-state index in [4.69, 9.17) is 9.47 Å². The van der Waals surface area contributed by atoms with Gasteiger partial charge in [-0.25, -0.2) is 4.79 Å². The van der Waals surface area contributed by atoms with Crippen molar-refractivity contribution >= 4 is 23.7 Å². The second-order valence-electron chi connectivity index (χ2n) is 14.6. The molecular weight excluding hydrogens is 508 g/mol. The highest BCUT2D eigenvalue weighted by atomic mass is 16.6. The molecule has 0 aromatic carbocycles. The summed E-state index contributed by atoms with van der Waals surface area (Å²) in [5.74, 6) is -0.0989. The first-order chi connectivity index (χ1) is 18.7. The number of ether oxygens (including phenoxy) is 2. The first-order valence-electron chi connectivity index (χ1n) is 15.5. The summed E-state index contributed by atoms with van der Waals surface area (Å²) in [6.07, 6.45) is 6.29. The second-order valence-corrected chi connectivity index (χ2v) is 14.6. The van der Waals surface area contributed by atoms with Crippen LogP contribution in [-0.2, 0) is 28.7 Å². The van der Waals surface area contributed by atoms with Gasteiger partial charge in [0.1, 0.15) is 6.10 Å². The minimum atomic E-state index is -1.34. The number of esters is 2. The van der Waals surface area contributed by atoms with E-state index >= 15 is 0 Å². The number of carboxylic acid groups (broad SMARTS) is 1. The predicted molar refractivity (Wildman–Crippen MR) is 149 cm³/mol. The molecule has 222 valence electrons. The minimum Gasteiger partial charge on any atom is -0.478 e. The average Bonchev–Trinajstić information content (AvgIpc) is 3.16. The lowest BCUT2D eigenvalue weighted by Gasteiger charge is -2.67. The van der Waals surface area contributed by atoms with Crippen molar-refractivity contribution in [1.82, 2.24) is 0 Å². The number of carboxylic acids is 1. The largest absolute Gasteiger partial charge is 0.478 e. The van der Waals surface area contributed by atoms with Crippen molar-refractivity contribution in [2.24, 2.45) is 51.8 Å². The van der Waals surface area contributed by atoms with E-state index in [0.717, 1.165) is 56.1 Å². The average molecular weight is 557 g/mol. The van der Waals surface area contributed by atoms with Crippen LogP contribution in [0.15, 0.2) is 11.1 Å². The standard InChI is InChI=1S/C33H48O7/c1-17(2)27-24(36)16-33(29(30(37)38)40-20(5)35)15-11-23-21(28(27)33)8-9-26-31(6)14-12-25(39-19(4)34)18(3)22(31)10-13-32(23,26)7/h17-18,21-23,25-26,29H,8-16H2,1-7H3,(H,37,38). The molecule has 4 saturated carbocycles. The quantitative estimate of drug-likeness (QED) is 0.406. The maximum absolute atomic E-state index is 13.6. The Hall–Kier alpha value is -2.18. The fraction of sp³-hybridized carbons (Fsp3) is 0.818. The summed E-state index contributed by atoms with van der Waals surface area (Å²) < 4.78 is 11.3. The van der Waals surface area contributed by atoms with E-state index in [1.54, 1.807) is 0 Å². The molecule has 0 bridgehead atoms. The molecule has 5 rings (SSSR count). The van der Waals surface area contributed by atoms with Crippen LogP contribution in [0.3, 0.4) is 0 Å². The van der Waals surface area contributed by atoms with Crippen molar-refractivity contribution in [2.75, 3.05) is 0 Å². The molecule has 0 heterocycles. The summed E-state index contributed by atoms with van der Waals surface area (Å²) in [5.41, 5.74) is 1.10. The number of aliphatic carboxylic acids is 1. The summed E-state index contributed by atoms with van der Waals surface area (Å²) >= 11 is 0. The maximum Gasteiger partial charge on any atom is 0.345 e. The summed E-state index contributed by atoms with van der Waals surface area (Å²) in [6.45, 7) is 14.0. The number of carbonyl (C=O) groups is 4. The van der Waals surface area contributed by atoms with Crippen LogP contribution in [0.5, 0.6) is 0 Å². The lowest BCUT2D eigenvalue weighted by atomic mass is 9.38. The molecular formula is C33H48O7. The maximum atomic E-state index is 13.6. The zero-order valence-corrected chi connectivity index (χ0v) is 25.4. The first kappa shape index (κ1) is 29.3. The van der Waals surface area contributed by atoms with Gasteiger partial charge >= 0.3 is 17.9 Å². The van der Waals surface area contributed by atoms with Gasteiger partial charge in [-0.15, -0.1) is 0 Å². The van der Waals surface area contributed by atoms with E-state index in [9.17, 15) is 24.3 Å². The van der Waals surface area contributed by atoms with Gasteiger partial charge in [0.2, 0.25) is 6.10 Å². The molecule has 4 fully saturated rings. The highest BCUT2D eigenvalue weighted by Gasteiger charge is 2.67. The number of fused-ring (bicyclic) bond motifs is 7. The molecule has 0 saturated heterocycles. The molecule has 0 aromatic rings. The third kappa shape index (κ3) is 4.19. The van der Waals surface area contributed by atoms with Gasteiger partial charge in [-0.2, -0.15) is 0 Å². The number of Topliss-reactive ketones (excluding diaryl/α,β-unsaturated/α-hetero) is 1. The van der Waals surface area contributed by atoms with Crippen molar-refractivity contribution in [2.45, 2.75) is 118 Å². The van der Waals surface area contributed by atoms with Gasteiger partial charge in [-0.3, -0.25) is 14.4 Å². The van der Waals surface area contributed by atoms with Crippen LogP contribution in [0.25, 0.3) is 0 Å². The number of hydrogen-bond acceptors (Lipinski definition) is 6. The second kappa shape index (κ2) is 9.97. The van der Waals surface area contributed by atoms with Crippen LogP contribution in [-0.4, -0.2) is 41.0 Å². The molecule has 7 heteroatoms. The molecule has 0 aliphatic heterocycles. The van der Waals surface area contributed by atoms with E-state index in [-0.39, 0.29) is 46.9 Å². The molecule has 1 N–H and O–H groups in total. The Morgan fingerprint density at radius 3 is 2.12 bits per heavy atom. The van der Waals surface area contributed by atoms with Gasteiger partial charge < -0.3 is 14.6 Å². The normalized spacial score (nSPS) is 43.2. The predicted octanol–water partition coefficient (Wildman–Crippen LogP) is 6.13. The lowest BCUT2D eigenvalue weighted by Crippen LogP contribution is -2.61. The van der Waals surface area contributed by atoms with Gasteiger partial charge in [0.15, 0.2) is 5.78 Å². The smallest absolute Gasteiger partial charge is 0.345 e. The van der Waals surface area contributed by atoms with Crippen LogP contribution < -0.4 is 0 Å². The Labute approximate surface area is 238 Å². The Morgan fingerprint density at radius 2 is 1.52 bits per heavy atom. The molecule has 0 aromatic heterocycles. The van der Waals surface area contributed by atoms with E-state index < -0.39 is 23.5 Å². The molecule has 0 amide bonds. The minimum absolute atomic E-state index is 0.00825. The molecule has 5 aliphatic carbocycles. The number of allylic oxidation sites excluding steroid dienone is 1. The van der Waals surface area contributed by atoms with Crippen molar-refractivity contribution in [1.29, 1.82) is 0 Å². The third-order valence-electron chi connectivity index (χ3n) is 12.5. The Balaban J connectivity index is 1.53. The van der Waals surface area contributed by atoms with Crippen LogP contribution in [0, 0.1) is 51.8 Å². The summed E-state index contributed by atoms with van der Waals surface area (Å²) in [5, 5.41) is 10.3. The molecule has 7 nitrogen and oxygen atoms in total. The van der Waals surface area contributed by atoms with E-state index in [1.807, 2.05) is 13.8 Å². The van der Waals surface area contributed by atoms with Crippen LogP contribution >= 0.6 is 0 Å². The van der Waals surface area contributed by atoms with Gasteiger partial charge in [-0.1, -0.05) is 34.6 Å². The number of ketones is 1. The Morgan fingerprint density at radius 1 is 0.900 bits per heavy atom. The SMILES string of the molecule is CC(=O)OC1CCC2(C)C(CCC3(C)C4CCC5(C(OC(C)=O)C(=O)O)CC(=O)C(C(C)C)=C5C4CCC32)C1C. The molecule has 40 heavy (non-hydrogen) atoms. The summed E-state index contributed by atoms with van der Waals surface area (Å²) in [6, 6.07) is 0. The zero-order valence-electron chi connectivity index (χ0n) is 25.4. The number of carbonyl (C=O) groups excluding carboxylic acids is 3. The fourth-order valence-corrected chi connectivity index (χ4v) is 11.2. The fourth-order valence-electron chi connectivity index (χ4n) is 11.2. The summed E-state index contributed by atoms with van der Waals surface area (Å²) in [7, 11) is 0. The highest BCUT2D eigenvalue weighted by molar-refractivity contribution is 6.01. The van der Waals surface area contributed by atoms with Crippen molar-refractivity contribution in [3.8, 4) is 0 Å². The van der Waals surface area contributed by atoms with Crippen LogP contribution in [0.1, 0.15) is 106 Å². The van der Waals surface area contributed by atoms with E-state index in [0.29, 0.717) is 30.1 Å².